The number of primary amides is 1. The summed E-state index contributed by atoms with van der Waals surface area (Å²) in [5.41, 5.74) is 19.4. The molecule has 1 saturated heterocycles. The zero-order chi connectivity index (χ0) is 31.9. The summed E-state index contributed by atoms with van der Waals surface area (Å²) in [6, 6.07) is 15.8. The molecule has 3 unspecified atom stereocenters. The first-order valence-corrected chi connectivity index (χ1v) is 16.3. The number of likely N-dealkylation sites (tertiary alicyclic amines) is 1. The second-order valence-corrected chi connectivity index (χ2v) is 13.3. The third kappa shape index (κ3) is 4.49. The van der Waals surface area contributed by atoms with Gasteiger partial charge >= 0.3 is 0 Å². The Bertz CT molecular complexity index is 2060. The fraction of sp³-hybridized carbons (Fsp3) is 0.389. The molecule has 46 heavy (non-hydrogen) atoms. The Morgan fingerprint density at radius 2 is 1.83 bits per heavy atom. The van der Waals surface area contributed by atoms with Crippen molar-refractivity contribution >= 4 is 33.9 Å². The summed E-state index contributed by atoms with van der Waals surface area (Å²) < 4.78 is 10.2. The van der Waals surface area contributed by atoms with E-state index < -0.39 is 5.91 Å². The van der Waals surface area contributed by atoms with Gasteiger partial charge in [0.2, 0.25) is 5.91 Å². The number of carbonyl (C=O) groups is 2. The van der Waals surface area contributed by atoms with E-state index in [4.69, 9.17) is 26.2 Å². The smallest absolute Gasteiger partial charge is 0.254 e. The Hall–Kier alpha value is -4.70. The SMILES string of the molecule is CCc1cc(C(N)=O)ccc1-c1ccc2cc(-c3nc4cc(C(=O)N5CC6CCC5C6N)cc(OC)c4n3C)n(CC3CC3)c2n1. The molecule has 4 N–H and O–H groups in total. The number of rotatable bonds is 8. The highest BCUT2D eigenvalue weighted by atomic mass is 16.5. The lowest BCUT2D eigenvalue weighted by atomic mass is 9.98. The number of nitrogens with zero attached hydrogens (tertiary/aromatic N) is 5. The van der Waals surface area contributed by atoms with Crippen molar-refractivity contribution in [3.05, 3.63) is 65.2 Å². The third-order valence-corrected chi connectivity index (χ3v) is 10.5. The number of imidazole rings is 1. The fourth-order valence-corrected chi connectivity index (χ4v) is 7.76. The van der Waals surface area contributed by atoms with Crippen molar-refractivity contribution in [2.24, 2.45) is 30.4 Å². The standard InChI is InChI=1S/C36H39N7O3/c1-4-20-13-21(33(38)44)7-10-25(20)26-11-8-22-15-29(42(34(22)39-26)17-19-5-6-19)35-40-27-14-24(16-30(46-3)32(27)41(35)2)36(45)43-18-23-9-12-28(43)31(23)37/h7-8,10-11,13-16,19,23,28,31H,4-6,9,12,17-18,37H2,1-3H3,(H2,38,44). The van der Waals surface area contributed by atoms with E-state index >= 15 is 0 Å². The van der Waals surface area contributed by atoms with Gasteiger partial charge in [-0.15, -0.1) is 0 Å². The first-order chi connectivity index (χ1) is 22.2. The lowest BCUT2D eigenvalue weighted by Crippen LogP contribution is -2.41. The number of ether oxygens (including phenoxy) is 1. The van der Waals surface area contributed by atoms with Gasteiger partial charge in [-0.25, -0.2) is 9.97 Å². The molecule has 3 fully saturated rings. The van der Waals surface area contributed by atoms with E-state index in [1.807, 2.05) is 42.3 Å². The largest absolute Gasteiger partial charge is 0.494 e. The molecule has 2 bridgehead atoms. The molecule has 5 aromatic rings. The summed E-state index contributed by atoms with van der Waals surface area (Å²) in [6.07, 6.45) is 5.19. The maximum absolute atomic E-state index is 13.7. The van der Waals surface area contributed by atoms with E-state index in [0.717, 1.165) is 70.7 Å². The van der Waals surface area contributed by atoms with E-state index in [2.05, 4.69) is 28.2 Å². The van der Waals surface area contributed by atoms with Crippen LogP contribution in [-0.4, -0.2) is 61.6 Å². The number of carbonyl (C=O) groups excluding carboxylic acids is 2. The van der Waals surface area contributed by atoms with Gasteiger partial charge in [-0.3, -0.25) is 9.59 Å². The maximum Gasteiger partial charge on any atom is 0.254 e. The molecule has 10 nitrogen and oxygen atoms in total. The summed E-state index contributed by atoms with van der Waals surface area (Å²) in [7, 11) is 3.64. The third-order valence-electron chi connectivity index (χ3n) is 10.5. The number of hydrogen-bond acceptors (Lipinski definition) is 6. The maximum atomic E-state index is 13.7. The van der Waals surface area contributed by atoms with Crippen LogP contribution in [0.1, 0.15) is 58.9 Å². The van der Waals surface area contributed by atoms with Crippen molar-refractivity contribution in [1.29, 1.82) is 0 Å². The predicted octanol–water partition coefficient (Wildman–Crippen LogP) is 4.90. The van der Waals surface area contributed by atoms with E-state index in [1.54, 1.807) is 13.2 Å². The van der Waals surface area contributed by atoms with Crippen LogP contribution in [0, 0.1) is 11.8 Å². The summed E-state index contributed by atoms with van der Waals surface area (Å²) in [4.78, 5) is 37.9. The first-order valence-electron chi connectivity index (χ1n) is 16.3. The molecule has 3 aliphatic rings. The van der Waals surface area contributed by atoms with E-state index in [1.165, 1.54) is 12.8 Å². The minimum absolute atomic E-state index is 0.00932. The predicted molar refractivity (Wildman–Crippen MR) is 178 cm³/mol. The van der Waals surface area contributed by atoms with Crippen LogP contribution in [0.25, 0.3) is 44.8 Å². The molecular formula is C36H39N7O3. The summed E-state index contributed by atoms with van der Waals surface area (Å²) in [6.45, 7) is 3.63. The molecule has 2 saturated carbocycles. The van der Waals surface area contributed by atoms with Crippen molar-refractivity contribution in [2.45, 2.75) is 57.7 Å². The van der Waals surface area contributed by atoms with Gasteiger partial charge in [-0.1, -0.05) is 13.0 Å². The van der Waals surface area contributed by atoms with Crippen LogP contribution in [0.3, 0.4) is 0 Å². The molecule has 8 rings (SSSR count). The van der Waals surface area contributed by atoms with Gasteiger partial charge in [0.1, 0.15) is 16.9 Å². The quantitative estimate of drug-likeness (QED) is 0.254. The van der Waals surface area contributed by atoms with Crippen molar-refractivity contribution in [3.63, 3.8) is 0 Å². The van der Waals surface area contributed by atoms with Crippen LogP contribution in [0.15, 0.2) is 48.5 Å². The normalized spacial score (nSPS) is 20.7. The monoisotopic (exact) mass is 617 g/mol. The fourth-order valence-electron chi connectivity index (χ4n) is 7.76. The molecule has 2 amide bonds. The van der Waals surface area contributed by atoms with Crippen LogP contribution in [0.5, 0.6) is 5.75 Å². The van der Waals surface area contributed by atoms with Gasteiger partial charge in [0.05, 0.1) is 24.0 Å². The van der Waals surface area contributed by atoms with Gasteiger partial charge in [-0.05, 0) is 92.0 Å². The minimum Gasteiger partial charge on any atom is -0.494 e. The lowest BCUT2D eigenvalue weighted by Gasteiger charge is -2.27. The van der Waals surface area contributed by atoms with Crippen LogP contribution >= 0.6 is 0 Å². The zero-order valence-corrected chi connectivity index (χ0v) is 26.5. The number of amides is 2. The number of methoxy groups -OCH3 is 1. The second kappa shape index (κ2) is 10.7. The Balaban J connectivity index is 1.24. The minimum atomic E-state index is -0.435. The van der Waals surface area contributed by atoms with Crippen LogP contribution < -0.4 is 16.2 Å². The number of hydrogen-bond donors (Lipinski definition) is 2. The van der Waals surface area contributed by atoms with Crippen LogP contribution in [0.4, 0.5) is 0 Å². The van der Waals surface area contributed by atoms with E-state index in [-0.39, 0.29) is 18.0 Å². The molecular weight excluding hydrogens is 578 g/mol. The highest BCUT2D eigenvalue weighted by Crippen LogP contribution is 2.40. The molecule has 1 aliphatic heterocycles. The van der Waals surface area contributed by atoms with Gasteiger partial charge in [0.15, 0.2) is 5.82 Å². The van der Waals surface area contributed by atoms with Gasteiger partial charge < -0.3 is 30.2 Å². The second-order valence-electron chi connectivity index (χ2n) is 13.3. The number of aryl methyl sites for hydroxylation is 2. The Morgan fingerprint density at radius 3 is 2.50 bits per heavy atom. The summed E-state index contributed by atoms with van der Waals surface area (Å²) in [5.74, 6) is 1.94. The average Bonchev–Trinajstić information content (AvgIpc) is 3.47. The molecule has 2 aromatic carbocycles. The molecule has 10 heteroatoms. The van der Waals surface area contributed by atoms with Crippen molar-refractivity contribution in [1.82, 2.24) is 24.0 Å². The Labute approximate surface area is 267 Å². The molecule has 3 atom stereocenters. The number of pyridine rings is 1. The molecule has 0 radical (unpaired) electrons. The molecule has 3 aromatic heterocycles. The Morgan fingerprint density at radius 1 is 1.00 bits per heavy atom. The van der Waals surface area contributed by atoms with Crippen molar-refractivity contribution < 1.29 is 14.3 Å². The molecule has 4 heterocycles. The number of benzene rings is 2. The Kier molecular flexibility index (Phi) is 6.68. The first kappa shape index (κ1) is 28.8. The molecule has 236 valence electrons. The highest BCUT2D eigenvalue weighted by molar-refractivity contribution is 6.00. The summed E-state index contributed by atoms with van der Waals surface area (Å²) >= 11 is 0. The van der Waals surface area contributed by atoms with Crippen LogP contribution in [-0.2, 0) is 20.0 Å². The number of fused-ring (bicyclic) bond motifs is 4. The molecule has 2 aliphatic carbocycles. The average molecular weight is 618 g/mol. The number of aromatic nitrogens is 4. The highest BCUT2D eigenvalue weighted by Gasteiger charge is 2.47. The van der Waals surface area contributed by atoms with Crippen molar-refractivity contribution in [2.75, 3.05) is 13.7 Å². The van der Waals surface area contributed by atoms with Gasteiger partial charge in [0.25, 0.3) is 5.91 Å². The number of nitrogens with two attached hydrogens (primary N) is 2. The van der Waals surface area contributed by atoms with Gasteiger partial charge in [0, 0.05) is 54.3 Å². The summed E-state index contributed by atoms with van der Waals surface area (Å²) in [5, 5.41) is 1.03. The van der Waals surface area contributed by atoms with E-state index in [0.29, 0.717) is 40.8 Å². The zero-order valence-electron chi connectivity index (χ0n) is 26.5. The van der Waals surface area contributed by atoms with E-state index in [9.17, 15) is 9.59 Å². The van der Waals surface area contributed by atoms with Crippen molar-refractivity contribution in [3.8, 4) is 28.5 Å². The number of piperidine rings is 1. The lowest BCUT2D eigenvalue weighted by molar-refractivity contribution is 0.0700. The topological polar surface area (TPSA) is 134 Å². The van der Waals surface area contributed by atoms with Crippen LogP contribution in [0.2, 0.25) is 0 Å². The molecule has 0 spiro atoms. The van der Waals surface area contributed by atoms with Gasteiger partial charge in [-0.2, -0.15) is 0 Å².